The van der Waals surface area contributed by atoms with Gasteiger partial charge >= 0.3 is 0 Å². The van der Waals surface area contributed by atoms with Crippen LogP contribution in [0.25, 0.3) is 0 Å². The van der Waals surface area contributed by atoms with Gasteiger partial charge in [-0.1, -0.05) is 17.7 Å². The zero-order valence-corrected chi connectivity index (χ0v) is 12.2. The lowest BCUT2D eigenvalue weighted by Crippen LogP contribution is -2.12. The fourth-order valence-electron chi connectivity index (χ4n) is 1.59. The van der Waals surface area contributed by atoms with Crippen LogP contribution in [0, 0.1) is 6.92 Å². The Morgan fingerprint density at radius 1 is 1.10 bits per heavy atom. The van der Waals surface area contributed by atoms with Crippen molar-refractivity contribution < 1.29 is 13.2 Å². The number of nitrogens with two attached hydrogens (primary N) is 2. The highest BCUT2D eigenvalue weighted by molar-refractivity contribution is 7.89. The van der Waals surface area contributed by atoms with Crippen LogP contribution in [-0.2, 0) is 10.0 Å². The number of sulfonamides is 1. The lowest BCUT2D eigenvalue weighted by molar-refractivity contribution is 0.483. The zero-order chi connectivity index (χ0) is 14.9. The first-order valence-electron chi connectivity index (χ1n) is 5.64. The minimum absolute atomic E-state index is 0.0788. The molecule has 0 saturated heterocycles. The van der Waals surface area contributed by atoms with Gasteiger partial charge in [0.25, 0.3) is 0 Å². The van der Waals surface area contributed by atoms with E-state index >= 15 is 0 Å². The van der Waals surface area contributed by atoms with Crippen LogP contribution in [0.4, 0.5) is 5.69 Å². The molecule has 0 saturated carbocycles. The van der Waals surface area contributed by atoms with E-state index in [0.29, 0.717) is 10.8 Å². The smallest absolute Gasteiger partial charge is 0.238 e. The zero-order valence-electron chi connectivity index (χ0n) is 10.6. The number of halogens is 1. The van der Waals surface area contributed by atoms with E-state index < -0.39 is 10.0 Å². The summed E-state index contributed by atoms with van der Waals surface area (Å²) in [6.45, 7) is 1.89. The third kappa shape index (κ3) is 3.22. The van der Waals surface area contributed by atoms with E-state index in [1.54, 1.807) is 12.1 Å². The van der Waals surface area contributed by atoms with Crippen LogP contribution < -0.4 is 15.6 Å². The maximum atomic E-state index is 11.3. The quantitative estimate of drug-likeness (QED) is 0.852. The molecule has 20 heavy (non-hydrogen) atoms. The summed E-state index contributed by atoms with van der Waals surface area (Å²) >= 11 is 6.05. The Labute approximate surface area is 122 Å². The Morgan fingerprint density at radius 2 is 1.80 bits per heavy atom. The van der Waals surface area contributed by atoms with E-state index in [1.807, 2.05) is 13.0 Å². The van der Waals surface area contributed by atoms with Gasteiger partial charge in [-0.25, -0.2) is 13.6 Å². The first kappa shape index (κ1) is 14.6. The number of rotatable bonds is 3. The fraction of sp³-hybridized carbons (Fsp3) is 0.0769. The Bertz CT molecular complexity index is 760. The number of hydrogen-bond donors (Lipinski definition) is 2. The van der Waals surface area contributed by atoms with Gasteiger partial charge < -0.3 is 10.5 Å². The second kappa shape index (κ2) is 5.32. The molecule has 5 nitrogen and oxygen atoms in total. The van der Waals surface area contributed by atoms with Crippen LogP contribution in [0.3, 0.4) is 0 Å². The normalized spacial score (nSPS) is 11.3. The third-order valence-corrected chi connectivity index (χ3v) is 3.83. The number of ether oxygens (including phenoxy) is 1. The summed E-state index contributed by atoms with van der Waals surface area (Å²) in [5.41, 5.74) is 7.02. The number of hydrogen-bond acceptors (Lipinski definition) is 4. The highest BCUT2D eigenvalue weighted by atomic mass is 35.5. The predicted molar refractivity (Wildman–Crippen MR) is 78.5 cm³/mol. The minimum Gasteiger partial charge on any atom is -0.454 e. The maximum absolute atomic E-state index is 11.3. The molecule has 2 rings (SSSR count). The van der Waals surface area contributed by atoms with E-state index in [0.717, 1.165) is 5.56 Å². The number of aryl methyl sites for hydroxylation is 1. The lowest BCUT2D eigenvalue weighted by atomic mass is 10.2. The van der Waals surface area contributed by atoms with E-state index in [4.69, 9.17) is 27.2 Å². The standard InChI is InChI=1S/C13H13ClN2O3S/c1-8-2-5-12(10(14)6-8)19-13-7-9(20(16,17)18)3-4-11(13)15/h2-7H,15H2,1H3,(H2,16,17,18). The number of benzene rings is 2. The molecule has 0 aliphatic carbocycles. The number of anilines is 1. The molecule has 106 valence electrons. The van der Waals surface area contributed by atoms with E-state index in [2.05, 4.69) is 0 Å². The first-order chi connectivity index (χ1) is 9.27. The summed E-state index contributed by atoms with van der Waals surface area (Å²) in [5, 5.41) is 5.48. The van der Waals surface area contributed by atoms with Crippen LogP contribution >= 0.6 is 11.6 Å². The highest BCUT2D eigenvalue weighted by Gasteiger charge is 2.13. The summed E-state index contributed by atoms with van der Waals surface area (Å²) in [5.74, 6) is 0.567. The molecule has 0 atom stereocenters. The Morgan fingerprint density at radius 3 is 2.40 bits per heavy atom. The predicted octanol–water partition coefficient (Wildman–Crippen LogP) is 2.67. The lowest BCUT2D eigenvalue weighted by Gasteiger charge is -2.11. The molecular weight excluding hydrogens is 300 g/mol. The van der Waals surface area contributed by atoms with Crippen LogP contribution in [0.1, 0.15) is 5.56 Å². The van der Waals surface area contributed by atoms with Gasteiger partial charge in [0, 0.05) is 6.07 Å². The molecule has 4 N–H and O–H groups in total. The van der Waals surface area contributed by atoms with Crippen LogP contribution in [0.15, 0.2) is 41.3 Å². The Hall–Kier alpha value is -1.76. The average Bonchev–Trinajstić information content (AvgIpc) is 2.33. The van der Waals surface area contributed by atoms with Crippen LogP contribution in [0.5, 0.6) is 11.5 Å². The molecule has 0 heterocycles. The molecule has 2 aromatic carbocycles. The van der Waals surface area contributed by atoms with Crippen molar-refractivity contribution in [2.75, 3.05) is 5.73 Å². The second-order valence-electron chi connectivity index (χ2n) is 4.28. The number of nitrogen functional groups attached to an aromatic ring is 1. The van der Waals surface area contributed by atoms with Gasteiger partial charge in [-0.2, -0.15) is 0 Å². The molecule has 0 aliphatic heterocycles. The maximum Gasteiger partial charge on any atom is 0.238 e. The molecule has 0 unspecified atom stereocenters. The van der Waals surface area contributed by atoms with Crippen molar-refractivity contribution >= 4 is 27.3 Å². The van der Waals surface area contributed by atoms with Gasteiger partial charge in [0.05, 0.1) is 15.6 Å². The minimum atomic E-state index is -3.82. The molecule has 0 spiro atoms. The molecule has 2 aromatic rings. The Balaban J connectivity index is 2.43. The highest BCUT2D eigenvalue weighted by Crippen LogP contribution is 2.34. The fourth-order valence-corrected chi connectivity index (χ4v) is 2.39. The van der Waals surface area contributed by atoms with Gasteiger partial charge in [0.2, 0.25) is 10.0 Å². The Kier molecular flexibility index (Phi) is 3.89. The first-order valence-corrected chi connectivity index (χ1v) is 7.56. The molecule has 0 fully saturated rings. The average molecular weight is 313 g/mol. The van der Waals surface area contributed by atoms with Crippen molar-refractivity contribution in [3.8, 4) is 11.5 Å². The summed E-state index contributed by atoms with van der Waals surface area (Å²) in [7, 11) is -3.82. The monoisotopic (exact) mass is 312 g/mol. The molecule has 0 bridgehead atoms. The molecule has 0 aliphatic rings. The van der Waals surface area contributed by atoms with Crippen LogP contribution in [-0.4, -0.2) is 8.42 Å². The van der Waals surface area contributed by atoms with Crippen molar-refractivity contribution in [1.29, 1.82) is 0 Å². The van der Waals surface area contributed by atoms with Crippen LogP contribution in [0.2, 0.25) is 5.02 Å². The third-order valence-electron chi connectivity index (χ3n) is 2.62. The van der Waals surface area contributed by atoms with E-state index in [1.165, 1.54) is 18.2 Å². The van der Waals surface area contributed by atoms with Crippen molar-refractivity contribution in [3.05, 3.63) is 47.0 Å². The van der Waals surface area contributed by atoms with E-state index in [-0.39, 0.29) is 16.3 Å². The summed E-state index contributed by atoms with van der Waals surface area (Å²) in [6.07, 6.45) is 0. The molecule has 0 aromatic heterocycles. The summed E-state index contributed by atoms with van der Waals surface area (Å²) in [6, 6.07) is 9.23. The SMILES string of the molecule is Cc1ccc(Oc2cc(S(N)(=O)=O)ccc2N)c(Cl)c1. The largest absolute Gasteiger partial charge is 0.454 e. The van der Waals surface area contributed by atoms with Gasteiger partial charge in [0.1, 0.15) is 5.75 Å². The van der Waals surface area contributed by atoms with Crippen molar-refractivity contribution in [1.82, 2.24) is 0 Å². The van der Waals surface area contributed by atoms with Gasteiger partial charge in [-0.3, -0.25) is 0 Å². The molecular formula is C13H13ClN2O3S. The molecule has 0 radical (unpaired) electrons. The van der Waals surface area contributed by atoms with Gasteiger partial charge in [-0.05, 0) is 36.8 Å². The number of primary sulfonamides is 1. The summed E-state index contributed by atoms with van der Waals surface area (Å²) < 4.78 is 28.2. The van der Waals surface area contributed by atoms with Crippen molar-refractivity contribution in [2.45, 2.75) is 11.8 Å². The topological polar surface area (TPSA) is 95.4 Å². The van der Waals surface area contributed by atoms with Gasteiger partial charge in [0.15, 0.2) is 5.75 Å². The molecule has 7 heteroatoms. The second-order valence-corrected chi connectivity index (χ2v) is 6.25. The van der Waals surface area contributed by atoms with E-state index in [9.17, 15) is 8.42 Å². The summed E-state index contributed by atoms with van der Waals surface area (Å²) in [4.78, 5) is -0.0788. The molecule has 0 amide bonds. The van der Waals surface area contributed by atoms with Gasteiger partial charge in [-0.15, -0.1) is 0 Å². The van der Waals surface area contributed by atoms with Crippen molar-refractivity contribution in [3.63, 3.8) is 0 Å². The van der Waals surface area contributed by atoms with Crippen molar-refractivity contribution in [2.24, 2.45) is 5.14 Å².